The Hall–Kier alpha value is -3.39. The summed E-state index contributed by atoms with van der Waals surface area (Å²) in [5.74, 6) is 1.80. The van der Waals surface area contributed by atoms with Crippen molar-refractivity contribution in [3.63, 3.8) is 0 Å². The highest BCUT2D eigenvalue weighted by molar-refractivity contribution is 7.20. The molecule has 1 atom stereocenters. The number of hydrogen-bond acceptors (Lipinski definition) is 6. The van der Waals surface area contributed by atoms with Gasteiger partial charge in [0, 0.05) is 17.9 Å². The predicted molar refractivity (Wildman–Crippen MR) is 116 cm³/mol. The molecule has 0 aliphatic carbocycles. The summed E-state index contributed by atoms with van der Waals surface area (Å²) in [7, 11) is 3.22. The third kappa shape index (κ3) is 2.91. The summed E-state index contributed by atoms with van der Waals surface area (Å²) < 4.78 is 13.6. The Bertz CT molecular complexity index is 1240. The predicted octanol–water partition coefficient (Wildman–Crippen LogP) is 4.28. The van der Waals surface area contributed by atoms with Crippen molar-refractivity contribution in [2.45, 2.75) is 19.3 Å². The summed E-state index contributed by atoms with van der Waals surface area (Å²) >= 11 is 1.55. The topological polar surface area (TPSA) is 78.3 Å². The minimum Gasteiger partial charge on any atom is -0.493 e. The summed E-state index contributed by atoms with van der Waals surface area (Å²) in [6, 6.07) is 13.7. The maximum Gasteiger partial charge on any atom is 0.226 e. The summed E-state index contributed by atoms with van der Waals surface area (Å²) in [5.41, 5.74) is 3.76. The van der Waals surface area contributed by atoms with Crippen LogP contribution < -0.4 is 14.8 Å². The largest absolute Gasteiger partial charge is 0.493 e. The molecule has 0 saturated carbocycles. The highest BCUT2D eigenvalue weighted by atomic mass is 32.1. The van der Waals surface area contributed by atoms with Crippen molar-refractivity contribution in [2.24, 2.45) is 0 Å². The van der Waals surface area contributed by atoms with Gasteiger partial charge in [0.2, 0.25) is 11.0 Å². The molecule has 152 valence electrons. The number of ether oxygens (including phenoxy) is 2. The molecule has 4 aromatic rings. The molecule has 0 fully saturated rings. The van der Waals surface area contributed by atoms with Crippen LogP contribution in [0.25, 0.3) is 15.3 Å². The molecule has 7 nitrogen and oxygen atoms in total. The number of anilines is 1. The molecule has 0 saturated heterocycles. The van der Waals surface area contributed by atoms with E-state index in [2.05, 4.69) is 5.32 Å². The van der Waals surface area contributed by atoms with Crippen LogP contribution in [-0.2, 0) is 4.79 Å². The van der Waals surface area contributed by atoms with Crippen LogP contribution in [0.15, 0.2) is 42.5 Å². The van der Waals surface area contributed by atoms with Gasteiger partial charge >= 0.3 is 0 Å². The van der Waals surface area contributed by atoms with Crippen LogP contribution in [0.2, 0.25) is 0 Å². The molecule has 3 heterocycles. The first-order chi connectivity index (χ1) is 14.6. The molecule has 1 aliphatic heterocycles. The molecule has 0 unspecified atom stereocenters. The third-order valence-corrected chi connectivity index (χ3v) is 6.39. The van der Waals surface area contributed by atoms with Crippen LogP contribution in [0.1, 0.15) is 29.2 Å². The lowest BCUT2D eigenvalue weighted by molar-refractivity contribution is -0.116. The smallest absolute Gasteiger partial charge is 0.226 e. The molecule has 1 amide bonds. The summed E-state index contributed by atoms with van der Waals surface area (Å²) in [5, 5.41) is 8.48. The average Bonchev–Trinajstić information content (AvgIpc) is 3.33. The third-order valence-electron chi connectivity index (χ3n) is 5.38. The Morgan fingerprint density at radius 3 is 2.70 bits per heavy atom. The van der Waals surface area contributed by atoms with E-state index in [-0.39, 0.29) is 11.8 Å². The van der Waals surface area contributed by atoms with E-state index >= 15 is 0 Å². The van der Waals surface area contributed by atoms with E-state index in [1.165, 1.54) is 0 Å². The maximum absolute atomic E-state index is 12.6. The van der Waals surface area contributed by atoms with E-state index in [1.807, 2.05) is 49.4 Å². The number of rotatable bonds is 4. The number of para-hydroxylation sites is 1. The fourth-order valence-corrected chi connectivity index (χ4v) is 4.91. The zero-order valence-electron chi connectivity index (χ0n) is 16.8. The van der Waals surface area contributed by atoms with Crippen LogP contribution in [-0.4, -0.2) is 34.9 Å². The number of nitrogens with zero attached hydrogens (tertiary/aromatic N) is 3. The van der Waals surface area contributed by atoms with Gasteiger partial charge in [-0.1, -0.05) is 29.5 Å². The van der Waals surface area contributed by atoms with Crippen molar-refractivity contribution < 1.29 is 14.3 Å². The molecule has 8 heteroatoms. The van der Waals surface area contributed by atoms with E-state index in [1.54, 1.807) is 30.2 Å². The number of fused-ring (bicyclic) bond motifs is 2. The standard InChI is InChI=1S/C22H20N4O3S/c1-12-20-14(13-8-9-16(28-2)17(10-13)29-3)11-19(27)24-21(20)26(25-12)22-23-15-6-4-5-7-18(15)30-22/h4-10,14H,11H2,1-3H3,(H,24,27)/t14-/m0/s1. The molecule has 0 spiro atoms. The Kier molecular flexibility index (Phi) is 4.43. The van der Waals surface area contributed by atoms with E-state index in [9.17, 15) is 4.79 Å². The lowest BCUT2D eigenvalue weighted by Crippen LogP contribution is -2.25. The van der Waals surface area contributed by atoms with Crippen LogP contribution in [0, 0.1) is 6.92 Å². The molecule has 2 aromatic heterocycles. The molecule has 0 bridgehead atoms. The highest BCUT2D eigenvalue weighted by Crippen LogP contribution is 2.43. The Labute approximate surface area is 177 Å². The van der Waals surface area contributed by atoms with Gasteiger partial charge in [0.1, 0.15) is 5.82 Å². The molecule has 0 radical (unpaired) electrons. The van der Waals surface area contributed by atoms with Crippen molar-refractivity contribution in [1.29, 1.82) is 0 Å². The number of benzene rings is 2. The number of aromatic nitrogens is 3. The van der Waals surface area contributed by atoms with Gasteiger partial charge in [-0.2, -0.15) is 9.78 Å². The lowest BCUT2D eigenvalue weighted by Gasteiger charge is -2.24. The fraction of sp³-hybridized carbons (Fsp3) is 0.227. The summed E-state index contributed by atoms with van der Waals surface area (Å²) in [6.07, 6.45) is 0.342. The minimum absolute atomic E-state index is 0.0513. The number of methoxy groups -OCH3 is 2. The number of amides is 1. The van der Waals surface area contributed by atoms with Crippen molar-refractivity contribution in [3.8, 4) is 16.6 Å². The van der Waals surface area contributed by atoms with Gasteiger partial charge in [-0.25, -0.2) is 4.98 Å². The number of aryl methyl sites for hydroxylation is 1. The van der Waals surface area contributed by atoms with Gasteiger partial charge in [0.15, 0.2) is 11.5 Å². The molecule has 2 aromatic carbocycles. The number of nitrogens with one attached hydrogen (secondary N) is 1. The van der Waals surface area contributed by atoms with Crippen molar-refractivity contribution in [2.75, 3.05) is 19.5 Å². The highest BCUT2D eigenvalue weighted by Gasteiger charge is 2.33. The monoisotopic (exact) mass is 420 g/mol. The van der Waals surface area contributed by atoms with Gasteiger partial charge in [-0.05, 0) is 36.8 Å². The van der Waals surface area contributed by atoms with Gasteiger partial charge in [0.25, 0.3) is 0 Å². The number of hydrogen-bond donors (Lipinski definition) is 1. The molecule has 5 rings (SSSR count). The first-order valence-corrected chi connectivity index (χ1v) is 10.4. The number of carbonyl (C=O) groups excluding carboxylic acids is 1. The second-order valence-corrected chi connectivity index (χ2v) is 8.15. The van der Waals surface area contributed by atoms with Crippen LogP contribution in [0.5, 0.6) is 11.5 Å². The first-order valence-electron chi connectivity index (χ1n) is 9.56. The number of carbonyl (C=O) groups is 1. The summed E-state index contributed by atoms with van der Waals surface area (Å²) in [6.45, 7) is 1.97. The van der Waals surface area contributed by atoms with Crippen LogP contribution in [0.3, 0.4) is 0 Å². The van der Waals surface area contributed by atoms with E-state index < -0.39 is 0 Å². The quantitative estimate of drug-likeness (QED) is 0.533. The van der Waals surface area contributed by atoms with E-state index in [4.69, 9.17) is 19.6 Å². The molecule has 30 heavy (non-hydrogen) atoms. The first kappa shape index (κ1) is 18.6. The van der Waals surface area contributed by atoms with Gasteiger partial charge in [-0.3, -0.25) is 4.79 Å². The van der Waals surface area contributed by atoms with Gasteiger partial charge < -0.3 is 14.8 Å². The molecule has 1 N–H and O–H groups in total. The molecule has 1 aliphatic rings. The fourth-order valence-electron chi connectivity index (χ4n) is 3.99. The van der Waals surface area contributed by atoms with E-state index in [0.717, 1.165) is 32.2 Å². The van der Waals surface area contributed by atoms with Crippen molar-refractivity contribution in [3.05, 3.63) is 59.3 Å². The minimum atomic E-state index is -0.128. The van der Waals surface area contributed by atoms with Gasteiger partial charge in [0.05, 0.1) is 30.1 Å². The van der Waals surface area contributed by atoms with Crippen LogP contribution in [0.4, 0.5) is 5.82 Å². The Balaban J connectivity index is 1.65. The van der Waals surface area contributed by atoms with Crippen molar-refractivity contribution >= 4 is 33.3 Å². The second-order valence-electron chi connectivity index (χ2n) is 7.14. The average molecular weight is 420 g/mol. The zero-order valence-corrected chi connectivity index (χ0v) is 17.6. The zero-order chi connectivity index (χ0) is 20.8. The molecular formula is C22H20N4O3S. The van der Waals surface area contributed by atoms with Crippen molar-refractivity contribution in [1.82, 2.24) is 14.8 Å². The number of thiazole rings is 1. The normalized spacial score (nSPS) is 15.7. The summed E-state index contributed by atoms with van der Waals surface area (Å²) in [4.78, 5) is 17.3. The Morgan fingerprint density at radius 2 is 1.93 bits per heavy atom. The van der Waals surface area contributed by atoms with Gasteiger partial charge in [-0.15, -0.1) is 0 Å². The van der Waals surface area contributed by atoms with Crippen LogP contribution >= 0.6 is 11.3 Å². The maximum atomic E-state index is 12.6. The molecular weight excluding hydrogens is 400 g/mol. The second kappa shape index (κ2) is 7.14. The SMILES string of the molecule is COc1ccc([C@@H]2CC(=O)Nc3c2c(C)nn3-c2nc3ccccc3s2)cc1OC. The Morgan fingerprint density at radius 1 is 1.13 bits per heavy atom. The van der Waals surface area contributed by atoms with E-state index in [0.29, 0.717) is 23.7 Å². The lowest BCUT2D eigenvalue weighted by atomic mass is 9.85.